The molecule has 0 bridgehead atoms. The van der Waals surface area contributed by atoms with Crippen LogP contribution >= 0.6 is 0 Å². The van der Waals surface area contributed by atoms with Gasteiger partial charge in [-0.3, -0.25) is 0 Å². The van der Waals surface area contributed by atoms with Gasteiger partial charge in [-0.1, -0.05) is 6.42 Å². The number of hydrogen-bond acceptors (Lipinski definition) is 3. The predicted molar refractivity (Wildman–Crippen MR) is 66.8 cm³/mol. The van der Waals surface area contributed by atoms with E-state index < -0.39 is 5.60 Å². The predicted octanol–water partition coefficient (Wildman–Crippen LogP) is 2.40. The average molecular weight is 243 g/mol. The number of rotatable bonds is 1. The van der Waals surface area contributed by atoms with Crippen molar-refractivity contribution in [1.82, 2.24) is 4.90 Å². The fourth-order valence-electron chi connectivity index (χ4n) is 2.06. The molecule has 1 heterocycles. The lowest BCUT2D eigenvalue weighted by molar-refractivity contribution is 0.0181. The van der Waals surface area contributed by atoms with Crippen molar-refractivity contribution in [2.45, 2.75) is 58.7 Å². The Morgan fingerprint density at radius 2 is 2.06 bits per heavy atom. The Morgan fingerprint density at radius 1 is 1.41 bits per heavy atom. The fraction of sp³-hybridized carbons (Fsp3) is 0.923. The molecule has 17 heavy (non-hydrogen) atoms. The van der Waals surface area contributed by atoms with Crippen molar-refractivity contribution >= 4 is 6.09 Å². The van der Waals surface area contributed by atoms with E-state index >= 15 is 0 Å². The molecule has 1 aliphatic rings. The average Bonchev–Trinajstić information content (AvgIpc) is 2.39. The number of hydrogen-bond donors (Lipinski definition) is 1. The summed E-state index contributed by atoms with van der Waals surface area (Å²) in [6.45, 7) is 8.74. The van der Waals surface area contributed by atoms with Crippen molar-refractivity contribution in [3.8, 4) is 0 Å². The minimum Gasteiger partial charge on any atom is -0.444 e. The van der Waals surface area contributed by atoms with Crippen LogP contribution in [-0.4, -0.2) is 40.9 Å². The van der Waals surface area contributed by atoms with Crippen LogP contribution in [0.2, 0.25) is 0 Å². The Kier molecular flexibility index (Phi) is 4.80. The first-order valence-corrected chi connectivity index (χ1v) is 6.45. The SMILES string of the molecule is C[C@@H](O)C1CCCCN(C(=O)OC(C)(C)C)C1. The Labute approximate surface area is 104 Å². The van der Waals surface area contributed by atoms with Crippen LogP contribution in [-0.2, 0) is 4.74 Å². The number of amides is 1. The molecule has 0 aromatic heterocycles. The molecule has 1 saturated heterocycles. The Bertz CT molecular complexity index is 258. The number of aliphatic hydroxyl groups excluding tert-OH is 1. The number of carbonyl (C=O) groups is 1. The van der Waals surface area contributed by atoms with Crippen LogP contribution in [0.25, 0.3) is 0 Å². The van der Waals surface area contributed by atoms with E-state index in [4.69, 9.17) is 4.74 Å². The molecule has 100 valence electrons. The van der Waals surface area contributed by atoms with Gasteiger partial charge >= 0.3 is 6.09 Å². The molecule has 0 aromatic rings. The van der Waals surface area contributed by atoms with E-state index in [9.17, 15) is 9.90 Å². The monoisotopic (exact) mass is 243 g/mol. The topological polar surface area (TPSA) is 49.8 Å². The molecule has 1 fully saturated rings. The van der Waals surface area contributed by atoms with Gasteiger partial charge in [-0.2, -0.15) is 0 Å². The zero-order valence-electron chi connectivity index (χ0n) is 11.4. The summed E-state index contributed by atoms with van der Waals surface area (Å²) in [4.78, 5) is 13.7. The highest BCUT2D eigenvalue weighted by Gasteiger charge is 2.27. The minimum absolute atomic E-state index is 0.171. The second-order valence-corrected chi connectivity index (χ2v) is 5.92. The highest BCUT2D eigenvalue weighted by atomic mass is 16.6. The zero-order chi connectivity index (χ0) is 13.1. The molecule has 4 heteroatoms. The summed E-state index contributed by atoms with van der Waals surface area (Å²) in [5.41, 5.74) is -0.455. The summed E-state index contributed by atoms with van der Waals surface area (Å²) in [5, 5.41) is 9.66. The molecule has 1 aliphatic heterocycles. The van der Waals surface area contributed by atoms with Gasteiger partial charge in [0, 0.05) is 19.0 Å². The van der Waals surface area contributed by atoms with Gasteiger partial charge in [0.25, 0.3) is 0 Å². The third-order valence-corrected chi connectivity index (χ3v) is 3.04. The van der Waals surface area contributed by atoms with Crippen molar-refractivity contribution in [2.75, 3.05) is 13.1 Å². The van der Waals surface area contributed by atoms with Crippen LogP contribution in [0, 0.1) is 5.92 Å². The number of carbonyl (C=O) groups excluding carboxylic acids is 1. The molecule has 0 aliphatic carbocycles. The highest BCUT2D eigenvalue weighted by molar-refractivity contribution is 5.68. The molecular weight excluding hydrogens is 218 g/mol. The minimum atomic E-state index is -0.455. The van der Waals surface area contributed by atoms with Crippen LogP contribution in [0.4, 0.5) is 4.79 Å². The summed E-state index contributed by atoms with van der Waals surface area (Å²) < 4.78 is 5.37. The lowest BCUT2D eigenvalue weighted by Crippen LogP contribution is -2.40. The molecule has 0 saturated carbocycles. The normalized spacial score (nSPS) is 24.1. The Hall–Kier alpha value is -0.770. The largest absolute Gasteiger partial charge is 0.444 e. The molecule has 1 amide bonds. The van der Waals surface area contributed by atoms with E-state index in [1.807, 2.05) is 20.8 Å². The van der Waals surface area contributed by atoms with Gasteiger partial charge in [-0.25, -0.2) is 4.79 Å². The Morgan fingerprint density at radius 3 is 2.59 bits per heavy atom. The molecular formula is C13H25NO3. The van der Waals surface area contributed by atoms with Crippen molar-refractivity contribution < 1.29 is 14.6 Å². The maximum atomic E-state index is 12.0. The molecule has 0 radical (unpaired) electrons. The first kappa shape index (κ1) is 14.3. The van der Waals surface area contributed by atoms with Crippen molar-refractivity contribution in [2.24, 2.45) is 5.92 Å². The van der Waals surface area contributed by atoms with E-state index in [1.165, 1.54) is 0 Å². The van der Waals surface area contributed by atoms with E-state index in [2.05, 4.69) is 0 Å². The smallest absolute Gasteiger partial charge is 0.410 e. The summed E-state index contributed by atoms with van der Waals surface area (Å²) in [6.07, 6.45) is 2.41. The van der Waals surface area contributed by atoms with Crippen LogP contribution < -0.4 is 0 Å². The highest BCUT2D eigenvalue weighted by Crippen LogP contribution is 2.21. The quantitative estimate of drug-likeness (QED) is 0.769. The van der Waals surface area contributed by atoms with Crippen LogP contribution in [0.1, 0.15) is 47.0 Å². The first-order valence-electron chi connectivity index (χ1n) is 6.45. The van der Waals surface area contributed by atoms with Gasteiger partial charge < -0.3 is 14.7 Å². The second kappa shape index (κ2) is 5.71. The van der Waals surface area contributed by atoms with Gasteiger partial charge in [0.15, 0.2) is 0 Å². The molecule has 0 aromatic carbocycles. The van der Waals surface area contributed by atoms with Crippen LogP contribution in [0.5, 0.6) is 0 Å². The fourth-order valence-corrected chi connectivity index (χ4v) is 2.06. The maximum absolute atomic E-state index is 12.0. The van der Waals surface area contributed by atoms with E-state index in [1.54, 1.807) is 11.8 Å². The lowest BCUT2D eigenvalue weighted by atomic mass is 9.98. The van der Waals surface area contributed by atoms with Gasteiger partial charge in [-0.05, 0) is 40.5 Å². The van der Waals surface area contributed by atoms with E-state index in [0.717, 1.165) is 25.8 Å². The molecule has 1 rings (SSSR count). The molecule has 1 unspecified atom stereocenters. The van der Waals surface area contributed by atoms with Gasteiger partial charge in [0.2, 0.25) is 0 Å². The molecule has 0 spiro atoms. The molecule has 4 nitrogen and oxygen atoms in total. The number of aliphatic hydroxyl groups is 1. The third-order valence-electron chi connectivity index (χ3n) is 3.04. The zero-order valence-corrected chi connectivity index (χ0v) is 11.4. The van der Waals surface area contributed by atoms with Crippen molar-refractivity contribution in [3.05, 3.63) is 0 Å². The summed E-state index contributed by atoms with van der Waals surface area (Å²) in [5.74, 6) is 0.171. The first-order chi connectivity index (χ1) is 7.79. The summed E-state index contributed by atoms with van der Waals surface area (Å²) in [6, 6.07) is 0. The summed E-state index contributed by atoms with van der Waals surface area (Å²) in [7, 11) is 0. The van der Waals surface area contributed by atoms with Crippen LogP contribution in [0.3, 0.4) is 0 Å². The number of ether oxygens (including phenoxy) is 1. The third kappa shape index (κ3) is 4.94. The van der Waals surface area contributed by atoms with Crippen molar-refractivity contribution in [3.63, 3.8) is 0 Å². The standard InChI is InChI=1S/C13H25NO3/c1-10(15)11-7-5-6-8-14(9-11)12(16)17-13(2,3)4/h10-11,15H,5-9H2,1-4H3/t10-,11?/m1/s1. The molecule has 1 N–H and O–H groups in total. The number of likely N-dealkylation sites (tertiary alicyclic amines) is 1. The Balaban J connectivity index is 2.59. The van der Waals surface area contributed by atoms with Gasteiger partial charge in [0.05, 0.1) is 6.10 Å². The van der Waals surface area contributed by atoms with Gasteiger partial charge in [-0.15, -0.1) is 0 Å². The van der Waals surface area contributed by atoms with Crippen molar-refractivity contribution in [1.29, 1.82) is 0 Å². The molecule has 2 atom stereocenters. The number of nitrogens with zero attached hydrogens (tertiary/aromatic N) is 1. The summed E-state index contributed by atoms with van der Waals surface area (Å²) >= 11 is 0. The van der Waals surface area contributed by atoms with E-state index in [0.29, 0.717) is 6.54 Å². The second-order valence-electron chi connectivity index (χ2n) is 5.92. The van der Waals surface area contributed by atoms with Crippen LogP contribution in [0.15, 0.2) is 0 Å². The maximum Gasteiger partial charge on any atom is 0.410 e. The lowest BCUT2D eigenvalue weighted by Gasteiger charge is -2.29. The van der Waals surface area contributed by atoms with Gasteiger partial charge in [0.1, 0.15) is 5.60 Å². The van der Waals surface area contributed by atoms with E-state index in [-0.39, 0.29) is 18.1 Å².